The highest BCUT2D eigenvalue weighted by atomic mass is 16.6. The number of imidazole rings is 1. The normalized spacial score (nSPS) is 37.8. The summed E-state index contributed by atoms with van der Waals surface area (Å²) in [6.07, 6.45) is -1.18. The lowest BCUT2D eigenvalue weighted by molar-refractivity contribution is -0.114. The molecule has 2 aromatic rings. The Morgan fingerprint density at radius 3 is 2.91 bits per heavy atom. The van der Waals surface area contributed by atoms with Crippen LogP contribution in [0.5, 0.6) is 0 Å². The molecule has 2 aliphatic rings. The topological polar surface area (TPSA) is 149 Å². The van der Waals surface area contributed by atoms with Gasteiger partial charge in [0, 0.05) is 0 Å². The Morgan fingerprint density at radius 1 is 1.36 bits per heavy atom. The summed E-state index contributed by atoms with van der Waals surface area (Å²) in [6.45, 7) is -0.481. The van der Waals surface area contributed by atoms with Crippen molar-refractivity contribution in [1.82, 2.24) is 19.5 Å². The van der Waals surface area contributed by atoms with Gasteiger partial charge in [-0.05, 0) is 0 Å². The number of ether oxygens (including phenoxy) is 2. The van der Waals surface area contributed by atoms with Crippen LogP contribution in [0.25, 0.3) is 11.2 Å². The molecule has 2 aliphatic heterocycles. The van der Waals surface area contributed by atoms with Crippen molar-refractivity contribution in [3.63, 3.8) is 0 Å². The number of anilines is 1. The first-order valence-corrected chi connectivity index (χ1v) is 6.78. The van der Waals surface area contributed by atoms with Gasteiger partial charge in [-0.25, -0.2) is 15.0 Å². The summed E-state index contributed by atoms with van der Waals surface area (Å²) in [6, 6.07) is 0. The molecule has 2 fully saturated rings. The molecule has 5 atom stereocenters. The molecule has 10 nitrogen and oxygen atoms in total. The van der Waals surface area contributed by atoms with Crippen LogP contribution in [0.4, 0.5) is 5.82 Å². The molecular weight excluding hydrogens is 294 g/mol. The number of rotatable bonds is 2. The van der Waals surface area contributed by atoms with E-state index in [0.717, 1.165) is 0 Å². The van der Waals surface area contributed by atoms with Crippen LogP contribution in [-0.2, 0) is 9.47 Å². The summed E-state index contributed by atoms with van der Waals surface area (Å²) in [5.41, 5.74) is 5.14. The zero-order valence-electron chi connectivity index (χ0n) is 11.4. The molecule has 118 valence electrons. The van der Waals surface area contributed by atoms with E-state index in [-0.39, 0.29) is 12.4 Å². The van der Waals surface area contributed by atoms with Crippen LogP contribution in [0.2, 0.25) is 0 Å². The number of nitrogens with zero attached hydrogens (tertiary/aromatic N) is 4. The van der Waals surface area contributed by atoms with Crippen molar-refractivity contribution in [2.24, 2.45) is 0 Å². The number of hydrogen-bond donors (Lipinski definition) is 4. The van der Waals surface area contributed by atoms with Gasteiger partial charge < -0.3 is 30.5 Å². The molecule has 0 spiro atoms. The lowest BCUT2D eigenvalue weighted by Gasteiger charge is -2.28. The van der Waals surface area contributed by atoms with Gasteiger partial charge in [-0.3, -0.25) is 4.57 Å². The van der Waals surface area contributed by atoms with Crippen molar-refractivity contribution in [2.45, 2.75) is 30.1 Å². The largest absolute Gasteiger partial charge is 0.393 e. The maximum Gasteiger partial charge on any atom is 0.167 e. The Labute approximate surface area is 124 Å². The van der Waals surface area contributed by atoms with E-state index in [1.165, 1.54) is 17.2 Å². The summed E-state index contributed by atoms with van der Waals surface area (Å²) < 4.78 is 12.7. The fourth-order valence-electron chi connectivity index (χ4n) is 3.16. The molecule has 4 rings (SSSR count). The predicted molar refractivity (Wildman–Crippen MR) is 71.4 cm³/mol. The molecule has 0 aromatic carbocycles. The van der Waals surface area contributed by atoms with Crippen LogP contribution in [-0.4, -0.2) is 72.0 Å². The third-order valence-corrected chi connectivity index (χ3v) is 4.32. The van der Waals surface area contributed by atoms with Gasteiger partial charge in [0.05, 0.1) is 19.5 Å². The Hall–Kier alpha value is -1.85. The maximum absolute atomic E-state index is 10.6. The van der Waals surface area contributed by atoms with Gasteiger partial charge in [-0.2, -0.15) is 0 Å². The van der Waals surface area contributed by atoms with E-state index >= 15 is 0 Å². The van der Waals surface area contributed by atoms with Crippen LogP contribution >= 0.6 is 0 Å². The molecule has 0 amide bonds. The molecule has 4 heterocycles. The van der Waals surface area contributed by atoms with Gasteiger partial charge in [0.25, 0.3) is 0 Å². The molecular formula is C12H15N5O5. The maximum atomic E-state index is 10.6. The molecule has 10 heteroatoms. The van der Waals surface area contributed by atoms with Gasteiger partial charge in [-0.15, -0.1) is 0 Å². The summed E-state index contributed by atoms with van der Waals surface area (Å²) >= 11 is 0. The first-order valence-electron chi connectivity index (χ1n) is 6.78. The second-order valence-corrected chi connectivity index (χ2v) is 5.47. The highest BCUT2D eigenvalue weighted by Gasteiger charge is 2.63. The summed E-state index contributed by atoms with van der Waals surface area (Å²) in [5.74, 6) is 0.213. The van der Waals surface area contributed by atoms with Gasteiger partial charge in [0.15, 0.2) is 23.3 Å². The Bertz CT molecular complexity index is 723. The SMILES string of the molecule is Nc1ncnc2c1ncn2[C@@H]1O[C@@H]2[C@H](O)CO[C@]2(CO)[C@H]1O. The van der Waals surface area contributed by atoms with Gasteiger partial charge in [0.2, 0.25) is 0 Å². The molecule has 0 aliphatic carbocycles. The minimum Gasteiger partial charge on any atom is -0.393 e. The summed E-state index contributed by atoms with van der Waals surface area (Å²) in [4.78, 5) is 12.1. The quantitative estimate of drug-likeness (QED) is 0.484. The van der Waals surface area contributed by atoms with Gasteiger partial charge in [-0.1, -0.05) is 0 Å². The van der Waals surface area contributed by atoms with Crippen LogP contribution in [0.15, 0.2) is 12.7 Å². The van der Waals surface area contributed by atoms with Gasteiger partial charge >= 0.3 is 0 Å². The van der Waals surface area contributed by atoms with Crippen LogP contribution in [0.3, 0.4) is 0 Å². The molecule has 2 aromatic heterocycles. The zero-order valence-corrected chi connectivity index (χ0v) is 11.4. The zero-order chi connectivity index (χ0) is 15.5. The molecule has 0 unspecified atom stereocenters. The number of aromatic nitrogens is 4. The van der Waals surface area contributed by atoms with Crippen molar-refractivity contribution in [1.29, 1.82) is 0 Å². The fourth-order valence-corrected chi connectivity index (χ4v) is 3.16. The van der Waals surface area contributed by atoms with Crippen LogP contribution < -0.4 is 5.73 Å². The number of aliphatic hydroxyl groups is 3. The van der Waals surface area contributed by atoms with E-state index in [4.69, 9.17) is 15.2 Å². The molecule has 0 bridgehead atoms. The Morgan fingerprint density at radius 2 is 2.18 bits per heavy atom. The molecule has 2 saturated heterocycles. The minimum atomic E-state index is -1.36. The molecule has 0 radical (unpaired) electrons. The predicted octanol–water partition coefficient (Wildman–Crippen LogP) is -2.21. The molecule has 0 saturated carbocycles. The number of nitrogens with two attached hydrogens (primary N) is 1. The summed E-state index contributed by atoms with van der Waals surface area (Å²) in [5, 5.41) is 30.2. The van der Waals surface area contributed by atoms with E-state index in [9.17, 15) is 15.3 Å². The van der Waals surface area contributed by atoms with E-state index < -0.39 is 36.7 Å². The van der Waals surface area contributed by atoms with Crippen LogP contribution in [0.1, 0.15) is 6.23 Å². The highest BCUT2D eigenvalue weighted by Crippen LogP contribution is 2.45. The van der Waals surface area contributed by atoms with E-state index in [1.807, 2.05) is 0 Å². The first kappa shape index (κ1) is 13.8. The van der Waals surface area contributed by atoms with Gasteiger partial charge in [0.1, 0.15) is 30.2 Å². The van der Waals surface area contributed by atoms with Crippen molar-refractivity contribution in [3.05, 3.63) is 12.7 Å². The number of fused-ring (bicyclic) bond motifs is 2. The van der Waals surface area contributed by atoms with Crippen LogP contribution in [0, 0.1) is 0 Å². The first-order chi connectivity index (χ1) is 10.6. The van der Waals surface area contributed by atoms with E-state index in [2.05, 4.69) is 15.0 Å². The smallest absolute Gasteiger partial charge is 0.167 e. The lowest BCUT2D eigenvalue weighted by Crippen LogP contribution is -2.50. The third kappa shape index (κ3) is 1.58. The average Bonchev–Trinajstić information content (AvgIpc) is 3.15. The van der Waals surface area contributed by atoms with Crippen molar-refractivity contribution >= 4 is 17.0 Å². The van der Waals surface area contributed by atoms with Crippen molar-refractivity contribution < 1.29 is 24.8 Å². The second kappa shape index (κ2) is 4.57. The highest BCUT2D eigenvalue weighted by molar-refractivity contribution is 5.81. The molecule has 22 heavy (non-hydrogen) atoms. The lowest BCUT2D eigenvalue weighted by atomic mass is 9.92. The average molecular weight is 309 g/mol. The Kier molecular flexibility index (Phi) is 2.86. The van der Waals surface area contributed by atoms with E-state index in [1.54, 1.807) is 0 Å². The molecule has 5 N–H and O–H groups in total. The second-order valence-electron chi connectivity index (χ2n) is 5.47. The standard InChI is InChI=1S/C12H15N5O5/c13-9-6-10(15-3-14-9)17(4-16-6)11-7(20)12(2-18)8(22-11)5(19)1-21-12/h3-5,7-8,11,18-20H,1-2H2,(H2,13,14,15)/t5-,7+,8-,11-,12-/m1/s1. The number of hydrogen-bond acceptors (Lipinski definition) is 9. The fraction of sp³-hybridized carbons (Fsp3) is 0.583. The van der Waals surface area contributed by atoms with E-state index in [0.29, 0.717) is 11.2 Å². The Balaban J connectivity index is 1.79. The third-order valence-electron chi connectivity index (χ3n) is 4.32. The summed E-state index contributed by atoms with van der Waals surface area (Å²) in [7, 11) is 0. The van der Waals surface area contributed by atoms with Crippen molar-refractivity contribution in [2.75, 3.05) is 18.9 Å². The minimum absolute atomic E-state index is 0.00516. The number of nitrogen functional groups attached to an aromatic ring is 1. The van der Waals surface area contributed by atoms with Crippen molar-refractivity contribution in [3.8, 4) is 0 Å². The number of aliphatic hydroxyl groups excluding tert-OH is 3. The monoisotopic (exact) mass is 309 g/mol.